The molecule has 1 saturated carbocycles. The molecule has 0 aromatic heterocycles. The molecule has 0 spiro atoms. The Balaban J connectivity index is 2.62. The SMILES string of the molecule is C=C1CC(C(=O)OC(C)(C)C)CC1(C)C. The summed E-state index contributed by atoms with van der Waals surface area (Å²) in [6, 6.07) is 0. The van der Waals surface area contributed by atoms with Gasteiger partial charge in [-0.15, -0.1) is 0 Å². The van der Waals surface area contributed by atoms with E-state index in [1.54, 1.807) is 0 Å². The van der Waals surface area contributed by atoms with Gasteiger partial charge in [-0.05, 0) is 39.0 Å². The highest BCUT2D eigenvalue weighted by Gasteiger charge is 2.39. The third-order valence-corrected chi connectivity index (χ3v) is 2.95. The average molecular weight is 210 g/mol. The summed E-state index contributed by atoms with van der Waals surface area (Å²) in [5, 5.41) is 0. The van der Waals surface area contributed by atoms with E-state index in [1.165, 1.54) is 5.57 Å². The zero-order valence-electron chi connectivity index (χ0n) is 10.5. The Labute approximate surface area is 92.7 Å². The number of carbonyl (C=O) groups is 1. The molecule has 1 atom stereocenters. The van der Waals surface area contributed by atoms with Gasteiger partial charge in [0.1, 0.15) is 5.60 Å². The van der Waals surface area contributed by atoms with Crippen LogP contribution in [0.15, 0.2) is 12.2 Å². The second kappa shape index (κ2) is 3.66. The minimum Gasteiger partial charge on any atom is -0.460 e. The zero-order chi connectivity index (χ0) is 11.9. The molecular weight excluding hydrogens is 188 g/mol. The highest BCUT2D eigenvalue weighted by atomic mass is 16.6. The average Bonchev–Trinajstić information content (AvgIpc) is 2.23. The normalized spacial score (nSPS) is 25.4. The predicted octanol–water partition coefficient (Wildman–Crippen LogP) is 3.32. The van der Waals surface area contributed by atoms with E-state index in [-0.39, 0.29) is 22.9 Å². The van der Waals surface area contributed by atoms with Crippen molar-refractivity contribution in [2.75, 3.05) is 0 Å². The van der Waals surface area contributed by atoms with E-state index < -0.39 is 0 Å². The molecule has 1 fully saturated rings. The van der Waals surface area contributed by atoms with Crippen molar-refractivity contribution in [2.45, 2.75) is 53.1 Å². The summed E-state index contributed by atoms with van der Waals surface area (Å²) in [6.07, 6.45) is 1.64. The maximum atomic E-state index is 11.8. The second-order valence-corrected chi connectivity index (χ2v) is 6.13. The van der Waals surface area contributed by atoms with Crippen LogP contribution in [0, 0.1) is 11.3 Å². The minimum atomic E-state index is -0.384. The molecule has 15 heavy (non-hydrogen) atoms. The van der Waals surface area contributed by atoms with Gasteiger partial charge in [-0.1, -0.05) is 26.0 Å². The van der Waals surface area contributed by atoms with Gasteiger partial charge >= 0.3 is 5.97 Å². The molecular formula is C13H22O2. The lowest BCUT2D eigenvalue weighted by Gasteiger charge is -2.22. The molecule has 0 radical (unpaired) electrons. The summed E-state index contributed by atoms with van der Waals surface area (Å²) in [5.41, 5.74) is 0.866. The van der Waals surface area contributed by atoms with Crippen molar-refractivity contribution in [1.82, 2.24) is 0 Å². The fraction of sp³-hybridized carbons (Fsp3) is 0.769. The molecule has 0 saturated heterocycles. The summed E-state index contributed by atoms with van der Waals surface area (Å²) in [5.74, 6) is -0.0686. The van der Waals surface area contributed by atoms with Crippen molar-refractivity contribution in [3.05, 3.63) is 12.2 Å². The number of hydrogen-bond acceptors (Lipinski definition) is 2. The summed E-state index contributed by atoms with van der Waals surface area (Å²) < 4.78 is 5.38. The molecule has 0 aromatic rings. The third-order valence-electron chi connectivity index (χ3n) is 2.95. The van der Waals surface area contributed by atoms with Gasteiger partial charge in [-0.2, -0.15) is 0 Å². The summed E-state index contributed by atoms with van der Waals surface area (Å²) in [6.45, 7) is 14.0. The van der Waals surface area contributed by atoms with Gasteiger partial charge in [0.15, 0.2) is 0 Å². The number of allylic oxidation sites excluding steroid dienone is 1. The van der Waals surface area contributed by atoms with E-state index in [1.807, 2.05) is 20.8 Å². The van der Waals surface area contributed by atoms with Gasteiger partial charge in [0.25, 0.3) is 0 Å². The molecule has 1 rings (SSSR count). The van der Waals surface area contributed by atoms with E-state index in [0.29, 0.717) is 0 Å². The first-order chi connectivity index (χ1) is 6.62. The lowest BCUT2D eigenvalue weighted by atomic mass is 9.87. The Morgan fingerprint density at radius 3 is 2.33 bits per heavy atom. The standard InChI is InChI=1S/C13H22O2/c1-9-7-10(8-13(9,5)6)11(14)15-12(2,3)4/h10H,1,7-8H2,2-6H3. The van der Waals surface area contributed by atoms with Gasteiger partial charge in [-0.3, -0.25) is 4.79 Å². The van der Waals surface area contributed by atoms with Crippen LogP contribution in [-0.2, 0) is 9.53 Å². The quantitative estimate of drug-likeness (QED) is 0.490. The summed E-state index contributed by atoms with van der Waals surface area (Å²) in [4.78, 5) is 11.8. The largest absolute Gasteiger partial charge is 0.460 e. The molecule has 2 heteroatoms. The zero-order valence-corrected chi connectivity index (χ0v) is 10.5. The molecule has 2 nitrogen and oxygen atoms in total. The Morgan fingerprint density at radius 2 is 2.00 bits per heavy atom. The monoisotopic (exact) mass is 210 g/mol. The lowest BCUT2D eigenvalue weighted by molar-refractivity contribution is -0.159. The molecule has 1 aliphatic carbocycles. The Morgan fingerprint density at radius 1 is 1.47 bits per heavy atom. The van der Waals surface area contributed by atoms with Crippen LogP contribution in [0.4, 0.5) is 0 Å². The first-order valence-electron chi connectivity index (χ1n) is 5.53. The molecule has 1 unspecified atom stereocenters. The highest BCUT2D eigenvalue weighted by Crippen LogP contribution is 2.45. The van der Waals surface area contributed by atoms with Crippen molar-refractivity contribution < 1.29 is 9.53 Å². The Bertz CT molecular complexity index is 281. The molecule has 0 amide bonds. The molecule has 0 aliphatic heterocycles. The van der Waals surface area contributed by atoms with E-state index >= 15 is 0 Å². The van der Waals surface area contributed by atoms with E-state index in [2.05, 4.69) is 20.4 Å². The molecule has 0 N–H and O–H groups in total. The smallest absolute Gasteiger partial charge is 0.309 e. The van der Waals surface area contributed by atoms with Crippen LogP contribution in [0.1, 0.15) is 47.5 Å². The van der Waals surface area contributed by atoms with Crippen LogP contribution in [0.2, 0.25) is 0 Å². The van der Waals surface area contributed by atoms with Gasteiger partial charge < -0.3 is 4.74 Å². The molecule has 0 heterocycles. The second-order valence-electron chi connectivity index (χ2n) is 6.13. The van der Waals surface area contributed by atoms with Crippen molar-refractivity contribution in [1.29, 1.82) is 0 Å². The van der Waals surface area contributed by atoms with E-state index in [0.717, 1.165) is 12.8 Å². The van der Waals surface area contributed by atoms with Crippen molar-refractivity contribution in [2.24, 2.45) is 11.3 Å². The first kappa shape index (κ1) is 12.3. The molecule has 0 bridgehead atoms. The first-order valence-corrected chi connectivity index (χ1v) is 5.53. The topological polar surface area (TPSA) is 26.3 Å². The van der Waals surface area contributed by atoms with Crippen LogP contribution in [-0.4, -0.2) is 11.6 Å². The van der Waals surface area contributed by atoms with Crippen LogP contribution in [0.5, 0.6) is 0 Å². The number of ether oxygens (including phenoxy) is 1. The number of hydrogen-bond donors (Lipinski definition) is 0. The fourth-order valence-corrected chi connectivity index (χ4v) is 1.96. The van der Waals surface area contributed by atoms with Crippen LogP contribution < -0.4 is 0 Å². The van der Waals surface area contributed by atoms with Gasteiger partial charge in [0, 0.05) is 0 Å². The number of carbonyl (C=O) groups excluding carboxylic acids is 1. The maximum absolute atomic E-state index is 11.8. The molecule has 0 aromatic carbocycles. The minimum absolute atomic E-state index is 0.00623. The summed E-state index contributed by atoms with van der Waals surface area (Å²) >= 11 is 0. The van der Waals surface area contributed by atoms with Crippen LogP contribution in [0.25, 0.3) is 0 Å². The predicted molar refractivity (Wildman–Crippen MR) is 61.5 cm³/mol. The summed E-state index contributed by atoms with van der Waals surface area (Å²) in [7, 11) is 0. The molecule has 86 valence electrons. The third kappa shape index (κ3) is 3.08. The lowest BCUT2D eigenvalue weighted by Crippen LogP contribution is -2.28. The van der Waals surface area contributed by atoms with Crippen LogP contribution in [0.3, 0.4) is 0 Å². The highest BCUT2D eigenvalue weighted by molar-refractivity contribution is 5.74. The number of rotatable bonds is 1. The van der Waals surface area contributed by atoms with Crippen LogP contribution >= 0.6 is 0 Å². The number of esters is 1. The fourth-order valence-electron chi connectivity index (χ4n) is 1.96. The Kier molecular flexibility index (Phi) is 2.99. The van der Waals surface area contributed by atoms with Crippen molar-refractivity contribution in [3.8, 4) is 0 Å². The van der Waals surface area contributed by atoms with Gasteiger partial charge in [0.05, 0.1) is 5.92 Å². The maximum Gasteiger partial charge on any atom is 0.309 e. The van der Waals surface area contributed by atoms with E-state index in [4.69, 9.17) is 4.74 Å². The van der Waals surface area contributed by atoms with E-state index in [9.17, 15) is 4.79 Å². The Hall–Kier alpha value is -0.790. The molecule has 1 aliphatic rings. The van der Waals surface area contributed by atoms with Gasteiger partial charge in [0.2, 0.25) is 0 Å². The van der Waals surface area contributed by atoms with Crippen molar-refractivity contribution in [3.63, 3.8) is 0 Å². The van der Waals surface area contributed by atoms with Gasteiger partial charge in [-0.25, -0.2) is 0 Å². The van der Waals surface area contributed by atoms with Crippen molar-refractivity contribution >= 4 is 5.97 Å².